The second-order valence-electron chi connectivity index (χ2n) is 5.54. The zero-order valence-electron chi connectivity index (χ0n) is 11.5. The van der Waals surface area contributed by atoms with E-state index in [0.29, 0.717) is 18.5 Å². The number of benzene rings is 1. The van der Waals surface area contributed by atoms with Gasteiger partial charge in [-0.15, -0.1) is 0 Å². The molecule has 20 heavy (non-hydrogen) atoms. The number of hydrogen-bond donors (Lipinski definition) is 1. The summed E-state index contributed by atoms with van der Waals surface area (Å²) < 4.78 is 38.0. The van der Waals surface area contributed by atoms with Gasteiger partial charge < -0.3 is 5.11 Å². The van der Waals surface area contributed by atoms with Crippen molar-refractivity contribution in [2.24, 2.45) is 0 Å². The van der Waals surface area contributed by atoms with Crippen molar-refractivity contribution in [1.82, 2.24) is 4.90 Å². The molecular formula is C15H20F3NO. The van der Waals surface area contributed by atoms with Crippen LogP contribution in [0.4, 0.5) is 13.2 Å². The zero-order chi connectivity index (χ0) is 14.8. The highest BCUT2D eigenvalue weighted by molar-refractivity contribution is 5.26. The summed E-state index contributed by atoms with van der Waals surface area (Å²) in [5.74, 6) is 0. The lowest BCUT2D eigenvalue weighted by atomic mass is 10.0. The molecule has 1 aliphatic rings. The molecule has 1 fully saturated rings. The third kappa shape index (κ3) is 3.96. The highest BCUT2D eigenvalue weighted by Gasteiger charge is 2.30. The zero-order valence-corrected chi connectivity index (χ0v) is 11.5. The van der Waals surface area contributed by atoms with Crippen molar-refractivity contribution in [2.45, 2.75) is 44.5 Å². The van der Waals surface area contributed by atoms with E-state index in [1.165, 1.54) is 12.1 Å². The van der Waals surface area contributed by atoms with Crippen LogP contribution in [-0.4, -0.2) is 35.2 Å². The molecule has 1 N–H and O–H groups in total. The maximum Gasteiger partial charge on any atom is 0.416 e. The number of likely N-dealkylation sites (tertiary alicyclic amines) is 1. The Morgan fingerprint density at radius 2 is 2.15 bits per heavy atom. The quantitative estimate of drug-likeness (QED) is 0.923. The van der Waals surface area contributed by atoms with Gasteiger partial charge in [0.1, 0.15) is 0 Å². The summed E-state index contributed by atoms with van der Waals surface area (Å²) in [7, 11) is 0. The van der Waals surface area contributed by atoms with E-state index in [1.54, 1.807) is 6.07 Å². The molecule has 0 radical (unpaired) electrons. The van der Waals surface area contributed by atoms with Gasteiger partial charge in [0.05, 0.1) is 11.7 Å². The number of aliphatic hydroxyl groups excluding tert-OH is 1. The molecule has 0 unspecified atom stereocenters. The van der Waals surface area contributed by atoms with Gasteiger partial charge in [0.15, 0.2) is 0 Å². The molecule has 2 rings (SSSR count). The molecule has 0 aliphatic carbocycles. The van der Waals surface area contributed by atoms with Crippen LogP contribution >= 0.6 is 0 Å². The summed E-state index contributed by atoms with van der Waals surface area (Å²) in [4.78, 5) is 2.15. The second kappa shape index (κ2) is 6.14. The first-order valence-electron chi connectivity index (χ1n) is 6.94. The Hall–Kier alpha value is -1.07. The summed E-state index contributed by atoms with van der Waals surface area (Å²) >= 11 is 0. The lowest BCUT2D eigenvalue weighted by Gasteiger charge is -2.35. The number of rotatable bonds is 3. The van der Waals surface area contributed by atoms with E-state index in [1.807, 2.05) is 6.92 Å². The number of nitrogens with zero attached hydrogens (tertiary/aromatic N) is 1. The Morgan fingerprint density at radius 3 is 2.80 bits per heavy atom. The van der Waals surface area contributed by atoms with Gasteiger partial charge in [-0.3, -0.25) is 4.90 Å². The fourth-order valence-electron chi connectivity index (χ4n) is 2.73. The Morgan fingerprint density at radius 1 is 1.40 bits per heavy atom. The van der Waals surface area contributed by atoms with E-state index in [4.69, 9.17) is 0 Å². The molecule has 1 aromatic rings. The van der Waals surface area contributed by atoms with Crippen LogP contribution in [0.25, 0.3) is 0 Å². The Bertz CT molecular complexity index is 447. The van der Waals surface area contributed by atoms with Crippen LogP contribution in [0.2, 0.25) is 0 Å². The number of hydrogen-bond acceptors (Lipinski definition) is 2. The third-order valence-corrected chi connectivity index (χ3v) is 3.84. The van der Waals surface area contributed by atoms with Crippen molar-refractivity contribution < 1.29 is 18.3 Å². The minimum atomic E-state index is -4.29. The van der Waals surface area contributed by atoms with Crippen LogP contribution in [0.5, 0.6) is 0 Å². The summed E-state index contributed by atoms with van der Waals surface area (Å²) in [6.45, 7) is 3.51. The lowest BCUT2D eigenvalue weighted by molar-refractivity contribution is -0.137. The summed E-state index contributed by atoms with van der Waals surface area (Å²) in [6, 6.07) is 5.63. The Labute approximate surface area is 117 Å². The van der Waals surface area contributed by atoms with Crippen molar-refractivity contribution in [1.29, 1.82) is 0 Å². The molecule has 1 aliphatic heterocycles. The van der Waals surface area contributed by atoms with Crippen LogP contribution < -0.4 is 0 Å². The van der Waals surface area contributed by atoms with Crippen molar-refractivity contribution in [2.75, 3.05) is 13.1 Å². The average molecular weight is 287 g/mol. The minimum Gasteiger partial charge on any atom is -0.392 e. The lowest BCUT2D eigenvalue weighted by Crippen LogP contribution is -2.44. The van der Waals surface area contributed by atoms with E-state index in [2.05, 4.69) is 4.90 Å². The van der Waals surface area contributed by atoms with Gasteiger partial charge in [-0.1, -0.05) is 18.2 Å². The van der Waals surface area contributed by atoms with Crippen LogP contribution in [0.15, 0.2) is 24.3 Å². The van der Waals surface area contributed by atoms with Gasteiger partial charge in [0, 0.05) is 12.6 Å². The molecule has 5 heteroatoms. The fourth-order valence-corrected chi connectivity index (χ4v) is 2.73. The topological polar surface area (TPSA) is 23.5 Å². The average Bonchev–Trinajstić information content (AvgIpc) is 2.38. The third-order valence-electron chi connectivity index (χ3n) is 3.84. The van der Waals surface area contributed by atoms with Gasteiger partial charge in [0.2, 0.25) is 0 Å². The van der Waals surface area contributed by atoms with Crippen molar-refractivity contribution >= 4 is 0 Å². The maximum absolute atomic E-state index is 12.7. The highest BCUT2D eigenvalue weighted by Crippen LogP contribution is 2.30. The predicted octanol–water partition coefficient (Wildman–Crippen LogP) is 3.09. The molecule has 2 nitrogen and oxygen atoms in total. The molecule has 112 valence electrons. The Balaban J connectivity index is 2.02. The van der Waals surface area contributed by atoms with Gasteiger partial charge in [0.25, 0.3) is 0 Å². The molecule has 0 spiro atoms. The molecule has 0 aromatic heterocycles. The van der Waals surface area contributed by atoms with Crippen LogP contribution in [0.3, 0.4) is 0 Å². The number of halogens is 3. The Kier molecular flexibility index (Phi) is 4.70. The number of β-amino-alcohol motifs (C(OH)–C–C–N with tert-alkyl or cyclic N) is 1. The molecule has 0 amide bonds. The minimum absolute atomic E-state index is 0.133. The molecule has 1 aromatic carbocycles. The number of alkyl halides is 3. The molecule has 0 bridgehead atoms. The predicted molar refractivity (Wildman–Crippen MR) is 71.4 cm³/mol. The van der Waals surface area contributed by atoms with Crippen molar-refractivity contribution in [3.63, 3.8) is 0 Å². The molecular weight excluding hydrogens is 267 g/mol. The molecule has 1 heterocycles. The van der Waals surface area contributed by atoms with Crippen LogP contribution in [-0.2, 0) is 12.6 Å². The van der Waals surface area contributed by atoms with E-state index >= 15 is 0 Å². The van der Waals surface area contributed by atoms with E-state index in [0.717, 1.165) is 25.5 Å². The summed E-state index contributed by atoms with van der Waals surface area (Å²) in [6.07, 6.45) is -2.29. The smallest absolute Gasteiger partial charge is 0.392 e. The first-order chi connectivity index (χ1) is 9.36. The maximum atomic E-state index is 12.7. The first kappa shape index (κ1) is 15.3. The van der Waals surface area contributed by atoms with Gasteiger partial charge in [-0.2, -0.15) is 13.2 Å². The number of aliphatic hydroxyl groups is 1. The van der Waals surface area contributed by atoms with Crippen molar-refractivity contribution in [3.05, 3.63) is 35.4 Å². The fraction of sp³-hybridized carbons (Fsp3) is 0.600. The molecule has 0 saturated carbocycles. The summed E-state index contributed by atoms with van der Waals surface area (Å²) in [5, 5.41) is 9.65. The molecule has 2 atom stereocenters. The largest absolute Gasteiger partial charge is 0.416 e. The first-order valence-corrected chi connectivity index (χ1v) is 6.94. The van der Waals surface area contributed by atoms with Crippen LogP contribution in [0.1, 0.15) is 30.9 Å². The SMILES string of the molecule is C[C@@H](Cc1cccc(C(F)(F)F)c1)N1CCC[C@@H](O)C1. The van der Waals surface area contributed by atoms with Gasteiger partial charge in [-0.25, -0.2) is 0 Å². The normalized spacial score (nSPS) is 22.8. The van der Waals surface area contributed by atoms with Crippen LogP contribution in [0, 0.1) is 0 Å². The summed E-state index contributed by atoms with van der Waals surface area (Å²) in [5.41, 5.74) is 0.0910. The van der Waals surface area contributed by atoms with E-state index in [9.17, 15) is 18.3 Å². The standard InChI is InChI=1S/C15H20F3NO/c1-11(19-7-3-6-14(20)10-19)8-12-4-2-5-13(9-12)15(16,17)18/h2,4-5,9,11,14,20H,3,6-8,10H2,1H3/t11-,14+/m0/s1. The van der Waals surface area contributed by atoms with E-state index < -0.39 is 11.7 Å². The van der Waals surface area contributed by atoms with Gasteiger partial charge >= 0.3 is 6.18 Å². The van der Waals surface area contributed by atoms with Gasteiger partial charge in [-0.05, 0) is 44.4 Å². The van der Waals surface area contributed by atoms with E-state index in [-0.39, 0.29) is 12.1 Å². The molecule has 1 saturated heterocycles. The highest BCUT2D eigenvalue weighted by atomic mass is 19.4. The van der Waals surface area contributed by atoms with Crippen molar-refractivity contribution in [3.8, 4) is 0 Å². The monoisotopic (exact) mass is 287 g/mol. The second-order valence-corrected chi connectivity index (χ2v) is 5.54. The number of piperidine rings is 1.